The number of aryl methyl sites for hydroxylation is 1. The Bertz CT molecular complexity index is 708. The average Bonchev–Trinajstić information content (AvgIpc) is 2.87. The van der Waals surface area contributed by atoms with Crippen molar-refractivity contribution in [3.8, 4) is 5.75 Å². The van der Waals surface area contributed by atoms with Crippen LogP contribution in [0.25, 0.3) is 5.65 Å². The summed E-state index contributed by atoms with van der Waals surface area (Å²) in [6.07, 6.45) is 2.27. The maximum absolute atomic E-state index is 12.4. The van der Waals surface area contributed by atoms with Crippen LogP contribution in [0, 0.1) is 0 Å². The van der Waals surface area contributed by atoms with Crippen LogP contribution in [0.5, 0.6) is 5.75 Å². The second kappa shape index (κ2) is 6.46. The highest BCUT2D eigenvalue weighted by atomic mass is 16.5. The van der Waals surface area contributed by atoms with Gasteiger partial charge in [0.25, 0.3) is 5.91 Å². The molecule has 0 aliphatic rings. The number of imidazole rings is 1. The monoisotopic (exact) mass is 305 g/mol. The SMILES string of the molecule is CCOc1cccn2c(C(=O)NC(C)C(=O)O)c(CC)nc12. The number of pyridine rings is 1. The molecule has 0 saturated carbocycles. The van der Waals surface area contributed by atoms with Crippen LogP contribution in [0.2, 0.25) is 0 Å². The molecule has 1 amide bonds. The van der Waals surface area contributed by atoms with E-state index in [9.17, 15) is 9.59 Å². The predicted molar refractivity (Wildman–Crippen MR) is 80.3 cm³/mol. The third-order valence-corrected chi connectivity index (χ3v) is 3.25. The first-order chi connectivity index (χ1) is 10.5. The topological polar surface area (TPSA) is 92.9 Å². The molecule has 7 heteroatoms. The molecule has 0 aliphatic heterocycles. The molecule has 0 saturated heterocycles. The number of carbonyl (C=O) groups is 2. The number of nitrogens with one attached hydrogen (secondary N) is 1. The molecule has 7 nitrogen and oxygen atoms in total. The highest BCUT2D eigenvalue weighted by molar-refractivity contribution is 5.97. The third-order valence-electron chi connectivity index (χ3n) is 3.25. The van der Waals surface area contributed by atoms with Gasteiger partial charge in [-0.1, -0.05) is 6.92 Å². The Morgan fingerprint density at radius 3 is 2.77 bits per heavy atom. The zero-order chi connectivity index (χ0) is 16.3. The Labute approximate surface area is 127 Å². The van der Waals surface area contributed by atoms with Gasteiger partial charge in [-0.2, -0.15) is 0 Å². The van der Waals surface area contributed by atoms with E-state index in [0.717, 1.165) is 0 Å². The standard InChI is InChI=1S/C15H19N3O4/c1-4-10-12(14(19)16-9(3)15(20)21)18-8-6-7-11(22-5-2)13(18)17-10/h6-9H,4-5H2,1-3H3,(H,16,19)(H,20,21). The summed E-state index contributed by atoms with van der Waals surface area (Å²) in [5.74, 6) is -0.965. The van der Waals surface area contributed by atoms with Crippen molar-refractivity contribution in [3.63, 3.8) is 0 Å². The van der Waals surface area contributed by atoms with Crippen LogP contribution >= 0.6 is 0 Å². The van der Waals surface area contributed by atoms with E-state index in [1.165, 1.54) is 6.92 Å². The van der Waals surface area contributed by atoms with E-state index < -0.39 is 17.9 Å². The molecule has 2 rings (SSSR count). The van der Waals surface area contributed by atoms with E-state index in [2.05, 4.69) is 10.3 Å². The van der Waals surface area contributed by atoms with Crippen LogP contribution < -0.4 is 10.1 Å². The molecule has 22 heavy (non-hydrogen) atoms. The van der Waals surface area contributed by atoms with Gasteiger partial charge in [0.2, 0.25) is 0 Å². The van der Waals surface area contributed by atoms with Gasteiger partial charge in [0.05, 0.1) is 12.3 Å². The number of ether oxygens (including phenoxy) is 1. The van der Waals surface area contributed by atoms with Gasteiger partial charge in [-0.15, -0.1) is 0 Å². The van der Waals surface area contributed by atoms with Crippen molar-refractivity contribution in [1.82, 2.24) is 14.7 Å². The fraction of sp³-hybridized carbons (Fsp3) is 0.400. The first-order valence-corrected chi connectivity index (χ1v) is 7.16. The summed E-state index contributed by atoms with van der Waals surface area (Å²) in [5, 5.41) is 11.4. The Balaban J connectivity index is 2.50. The van der Waals surface area contributed by atoms with Crippen molar-refractivity contribution >= 4 is 17.5 Å². The van der Waals surface area contributed by atoms with Crippen LogP contribution in [0.1, 0.15) is 37.0 Å². The fourth-order valence-corrected chi connectivity index (χ4v) is 2.17. The molecular formula is C15H19N3O4. The molecule has 1 unspecified atom stereocenters. The molecule has 1 atom stereocenters. The Morgan fingerprint density at radius 1 is 1.45 bits per heavy atom. The largest absolute Gasteiger partial charge is 0.490 e. The summed E-state index contributed by atoms with van der Waals surface area (Å²) < 4.78 is 7.15. The Morgan fingerprint density at radius 2 is 2.18 bits per heavy atom. The van der Waals surface area contributed by atoms with Crippen LogP contribution in [-0.4, -0.2) is 39.0 Å². The van der Waals surface area contributed by atoms with Crippen LogP contribution in [0.4, 0.5) is 0 Å². The maximum Gasteiger partial charge on any atom is 0.325 e. The zero-order valence-electron chi connectivity index (χ0n) is 12.8. The molecule has 0 fully saturated rings. The zero-order valence-corrected chi connectivity index (χ0v) is 12.8. The number of nitrogens with zero attached hydrogens (tertiary/aromatic N) is 2. The van der Waals surface area contributed by atoms with Gasteiger partial charge in [-0.3, -0.25) is 14.0 Å². The van der Waals surface area contributed by atoms with E-state index in [4.69, 9.17) is 9.84 Å². The number of carbonyl (C=O) groups excluding carboxylic acids is 1. The summed E-state index contributed by atoms with van der Waals surface area (Å²) in [4.78, 5) is 27.8. The Kier molecular flexibility index (Phi) is 4.65. The smallest absolute Gasteiger partial charge is 0.325 e. The van der Waals surface area contributed by atoms with Crippen molar-refractivity contribution < 1.29 is 19.4 Å². The van der Waals surface area contributed by atoms with E-state index in [0.29, 0.717) is 35.8 Å². The lowest BCUT2D eigenvalue weighted by Crippen LogP contribution is -2.39. The lowest BCUT2D eigenvalue weighted by atomic mass is 10.2. The van der Waals surface area contributed by atoms with Crippen molar-refractivity contribution in [2.75, 3.05) is 6.61 Å². The van der Waals surface area contributed by atoms with Crippen LogP contribution in [0.3, 0.4) is 0 Å². The summed E-state index contributed by atoms with van der Waals surface area (Å²) in [7, 11) is 0. The number of fused-ring (bicyclic) bond motifs is 1. The molecule has 0 bridgehead atoms. The first-order valence-electron chi connectivity index (χ1n) is 7.16. The predicted octanol–water partition coefficient (Wildman–Crippen LogP) is 1.50. The third kappa shape index (κ3) is 2.88. The van der Waals surface area contributed by atoms with Crippen molar-refractivity contribution in [1.29, 1.82) is 0 Å². The van der Waals surface area contributed by atoms with Crippen molar-refractivity contribution in [2.45, 2.75) is 33.2 Å². The summed E-state index contributed by atoms with van der Waals surface area (Å²) in [6.45, 7) is 5.67. The minimum atomic E-state index is -1.09. The quantitative estimate of drug-likeness (QED) is 0.843. The number of carboxylic acid groups (broad SMARTS) is 1. The minimum Gasteiger partial charge on any atom is -0.490 e. The molecular weight excluding hydrogens is 286 g/mol. The van der Waals surface area contributed by atoms with Gasteiger partial charge in [0.1, 0.15) is 11.7 Å². The number of amides is 1. The molecule has 2 heterocycles. The van der Waals surface area contributed by atoms with Gasteiger partial charge < -0.3 is 15.2 Å². The highest BCUT2D eigenvalue weighted by Crippen LogP contribution is 2.22. The number of rotatable bonds is 6. The lowest BCUT2D eigenvalue weighted by molar-refractivity contribution is -0.138. The number of carboxylic acids is 1. The number of hydrogen-bond donors (Lipinski definition) is 2. The summed E-state index contributed by atoms with van der Waals surface area (Å²) in [5.41, 5.74) is 1.49. The van der Waals surface area contributed by atoms with Crippen molar-refractivity contribution in [2.24, 2.45) is 0 Å². The van der Waals surface area contributed by atoms with Crippen molar-refractivity contribution in [3.05, 3.63) is 29.7 Å². The minimum absolute atomic E-state index is 0.340. The van der Waals surface area contributed by atoms with Crippen LogP contribution in [-0.2, 0) is 11.2 Å². The van der Waals surface area contributed by atoms with E-state index >= 15 is 0 Å². The normalized spacial score (nSPS) is 12.1. The summed E-state index contributed by atoms with van der Waals surface area (Å²) in [6, 6.07) is 2.57. The van der Waals surface area contributed by atoms with E-state index in [1.54, 1.807) is 22.7 Å². The van der Waals surface area contributed by atoms with E-state index in [-0.39, 0.29) is 0 Å². The summed E-state index contributed by atoms with van der Waals surface area (Å²) >= 11 is 0. The first kappa shape index (κ1) is 15.8. The number of aromatic nitrogens is 2. The molecule has 0 radical (unpaired) electrons. The molecule has 0 aromatic carbocycles. The van der Waals surface area contributed by atoms with Gasteiger partial charge in [0.15, 0.2) is 11.4 Å². The molecule has 2 aromatic rings. The molecule has 2 N–H and O–H groups in total. The van der Waals surface area contributed by atoms with Gasteiger partial charge in [0, 0.05) is 6.20 Å². The molecule has 0 spiro atoms. The van der Waals surface area contributed by atoms with Gasteiger partial charge in [-0.25, -0.2) is 4.98 Å². The molecule has 2 aromatic heterocycles. The lowest BCUT2D eigenvalue weighted by Gasteiger charge is -2.10. The fourth-order valence-electron chi connectivity index (χ4n) is 2.17. The Hall–Kier alpha value is -2.57. The second-order valence-corrected chi connectivity index (χ2v) is 4.79. The van der Waals surface area contributed by atoms with Crippen LogP contribution in [0.15, 0.2) is 18.3 Å². The average molecular weight is 305 g/mol. The highest BCUT2D eigenvalue weighted by Gasteiger charge is 2.23. The van der Waals surface area contributed by atoms with Gasteiger partial charge >= 0.3 is 5.97 Å². The van der Waals surface area contributed by atoms with Gasteiger partial charge in [-0.05, 0) is 32.4 Å². The number of aliphatic carboxylic acids is 1. The molecule has 0 aliphatic carbocycles. The van der Waals surface area contributed by atoms with E-state index in [1.807, 2.05) is 13.8 Å². The number of hydrogen-bond acceptors (Lipinski definition) is 4. The second-order valence-electron chi connectivity index (χ2n) is 4.79. The maximum atomic E-state index is 12.4. The molecule has 118 valence electrons.